The van der Waals surface area contributed by atoms with E-state index in [9.17, 15) is 14.4 Å². The third-order valence-electron chi connectivity index (χ3n) is 2.36. The highest BCUT2D eigenvalue weighted by atomic mass is 79.9. The van der Waals surface area contributed by atoms with Crippen molar-refractivity contribution in [2.24, 2.45) is 0 Å². The molecule has 0 saturated heterocycles. The molecule has 2 N–H and O–H groups in total. The smallest absolute Gasteiger partial charge is 0.308 e. The second kappa shape index (κ2) is 8.31. The van der Waals surface area contributed by atoms with E-state index >= 15 is 0 Å². The molecule has 1 aromatic carbocycles. The largest absolute Gasteiger partial charge is 0.456 e. The number of carbonyl (C=O) groups is 3. The van der Waals surface area contributed by atoms with Gasteiger partial charge in [0.25, 0.3) is 11.8 Å². The Morgan fingerprint density at radius 1 is 1.20 bits per heavy atom. The number of nitrogens with one attached hydrogen (secondary N) is 2. The minimum atomic E-state index is -0.537. The summed E-state index contributed by atoms with van der Waals surface area (Å²) in [4.78, 5) is 33.8. The molecule has 0 heterocycles. The minimum absolute atomic E-state index is 0.0132. The number of amides is 2. The SMILES string of the molecule is CNC(=O)COC(=O)CCNC(=O)c1ccc(Br)cc1. The van der Waals surface area contributed by atoms with Gasteiger partial charge in [-0.2, -0.15) is 0 Å². The Morgan fingerprint density at radius 3 is 2.45 bits per heavy atom. The number of likely N-dealkylation sites (N-methyl/N-ethyl adjacent to an activating group) is 1. The van der Waals surface area contributed by atoms with Gasteiger partial charge in [-0.25, -0.2) is 0 Å². The Kier molecular flexibility index (Phi) is 6.72. The summed E-state index contributed by atoms with van der Waals surface area (Å²) in [7, 11) is 1.45. The van der Waals surface area contributed by atoms with Crippen molar-refractivity contribution in [1.29, 1.82) is 0 Å². The van der Waals surface area contributed by atoms with E-state index in [1.165, 1.54) is 7.05 Å². The zero-order valence-corrected chi connectivity index (χ0v) is 12.5. The predicted octanol–water partition coefficient (Wildman–Crippen LogP) is 0.858. The third kappa shape index (κ3) is 5.83. The Labute approximate surface area is 125 Å². The third-order valence-corrected chi connectivity index (χ3v) is 2.89. The lowest BCUT2D eigenvalue weighted by atomic mass is 10.2. The summed E-state index contributed by atoms with van der Waals surface area (Å²) in [5.41, 5.74) is 0.506. The quantitative estimate of drug-likeness (QED) is 0.751. The van der Waals surface area contributed by atoms with Gasteiger partial charge in [-0.1, -0.05) is 15.9 Å². The van der Waals surface area contributed by atoms with Crippen LogP contribution in [0.4, 0.5) is 0 Å². The maximum absolute atomic E-state index is 11.7. The average molecular weight is 343 g/mol. The van der Waals surface area contributed by atoms with Crippen molar-refractivity contribution in [3.63, 3.8) is 0 Å². The van der Waals surface area contributed by atoms with Gasteiger partial charge in [0.15, 0.2) is 6.61 Å². The molecular formula is C13H15BrN2O4. The van der Waals surface area contributed by atoms with Gasteiger partial charge >= 0.3 is 5.97 Å². The Morgan fingerprint density at radius 2 is 1.85 bits per heavy atom. The summed E-state index contributed by atoms with van der Waals surface area (Å²) in [6.07, 6.45) is 0.0132. The van der Waals surface area contributed by atoms with Gasteiger partial charge in [-0.15, -0.1) is 0 Å². The maximum Gasteiger partial charge on any atom is 0.308 e. The van der Waals surface area contributed by atoms with Gasteiger partial charge in [-0.05, 0) is 24.3 Å². The van der Waals surface area contributed by atoms with Crippen LogP contribution in [-0.4, -0.2) is 38.0 Å². The fourth-order valence-corrected chi connectivity index (χ4v) is 1.54. The number of hydrogen-bond acceptors (Lipinski definition) is 4. The molecule has 0 aliphatic carbocycles. The van der Waals surface area contributed by atoms with Gasteiger partial charge in [-0.3, -0.25) is 14.4 Å². The molecule has 108 valence electrons. The molecule has 20 heavy (non-hydrogen) atoms. The van der Waals surface area contributed by atoms with E-state index in [0.717, 1.165) is 4.47 Å². The number of carbonyl (C=O) groups excluding carboxylic acids is 3. The van der Waals surface area contributed by atoms with E-state index in [-0.39, 0.29) is 31.4 Å². The molecule has 1 rings (SSSR count). The van der Waals surface area contributed by atoms with E-state index in [2.05, 4.69) is 31.3 Å². The van der Waals surface area contributed by atoms with Crippen molar-refractivity contribution < 1.29 is 19.1 Å². The predicted molar refractivity (Wildman–Crippen MR) is 76.1 cm³/mol. The van der Waals surface area contributed by atoms with Crippen molar-refractivity contribution >= 4 is 33.7 Å². The number of benzene rings is 1. The average Bonchev–Trinajstić information content (AvgIpc) is 2.45. The summed E-state index contributed by atoms with van der Waals surface area (Å²) in [6, 6.07) is 6.85. The van der Waals surface area contributed by atoms with Crippen LogP contribution in [0.15, 0.2) is 28.7 Å². The van der Waals surface area contributed by atoms with Gasteiger partial charge in [0.05, 0.1) is 6.42 Å². The molecule has 0 aromatic heterocycles. The first-order valence-corrected chi connectivity index (χ1v) is 6.72. The molecule has 0 unspecified atom stereocenters. The Balaban J connectivity index is 2.26. The first-order valence-electron chi connectivity index (χ1n) is 5.93. The number of halogens is 1. The summed E-state index contributed by atoms with van der Waals surface area (Å²) in [5.74, 6) is -1.18. The van der Waals surface area contributed by atoms with E-state index in [4.69, 9.17) is 0 Å². The van der Waals surface area contributed by atoms with Crippen LogP contribution in [-0.2, 0) is 14.3 Å². The van der Waals surface area contributed by atoms with Crippen molar-refractivity contribution in [2.75, 3.05) is 20.2 Å². The first kappa shape index (κ1) is 16.2. The number of rotatable bonds is 6. The Hall–Kier alpha value is -1.89. The standard InChI is InChI=1S/C13H15BrN2O4/c1-15-11(17)8-20-12(18)6-7-16-13(19)9-2-4-10(14)5-3-9/h2-5H,6-8H2,1H3,(H,15,17)(H,16,19). The highest BCUT2D eigenvalue weighted by Gasteiger charge is 2.08. The molecule has 0 fully saturated rings. The van der Waals surface area contributed by atoms with Gasteiger partial charge < -0.3 is 15.4 Å². The normalized spacial score (nSPS) is 9.70. The van der Waals surface area contributed by atoms with Crippen LogP contribution in [0.25, 0.3) is 0 Å². The molecule has 6 nitrogen and oxygen atoms in total. The zero-order chi connectivity index (χ0) is 15.0. The molecule has 7 heteroatoms. The van der Waals surface area contributed by atoms with Crippen LogP contribution in [0, 0.1) is 0 Å². The van der Waals surface area contributed by atoms with Crippen LogP contribution in [0.3, 0.4) is 0 Å². The highest BCUT2D eigenvalue weighted by Crippen LogP contribution is 2.10. The van der Waals surface area contributed by atoms with Crippen molar-refractivity contribution in [2.45, 2.75) is 6.42 Å². The minimum Gasteiger partial charge on any atom is -0.456 e. The molecule has 1 aromatic rings. The summed E-state index contributed by atoms with van der Waals surface area (Å²) < 4.78 is 5.57. The van der Waals surface area contributed by atoms with E-state index in [0.29, 0.717) is 5.56 Å². The second-order valence-corrected chi connectivity index (χ2v) is 4.76. The van der Waals surface area contributed by atoms with Crippen LogP contribution in [0.2, 0.25) is 0 Å². The van der Waals surface area contributed by atoms with Crippen molar-refractivity contribution in [1.82, 2.24) is 10.6 Å². The molecule has 2 amide bonds. The number of esters is 1. The maximum atomic E-state index is 11.7. The van der Waals surface area contributed by atoms with E-state index in [1.807, 2.05) is 0 Å². The lowest BCUT2D eigenvalue weighted by Crippen LogP contribution is -2.28. The van der Waals surface area contributed by atoms with Crippen molar-refractivity contribution in [3.05, 3.63) is 34.3 Å². The van der Waals surface area contributed by atoms with Gasteiger partial charge in [0.1, 0.15) is 0 Å². The van der Waals surface area contributed by atoms with E-state index < -0.39 is 5.97 Å². The van der Waals surface area contributed by atoms with Crippen LogP contribution in [0.1, 0.15) is 16.8 Å². The van der Waals surface area contributed by atoms with Crippen LogP contribution >= 0.6 is 15.9 Å². The number of ether oxygens (including phenoxy) is 1. The lowest BCUT2D eigenvalue weighted by molar-refractivity contribution is -0.148. The first-order chi connectivity index (χ1) is 9.52. The second-order valence-electron chi connectivity index (χ2n) is 3.85. The van der Waals surface area contributed by atoms with E-state index in [1.54, 1.807) is 24.3 Å². The lowest BCUT2D eigenvalue weighted by Gasteiger charge is -2.06. The zero-order valence-electron chi connectivity index (χ0n) is 10.9. The fourth-order valence-electron chi connectivity index (χ4n) is 1.27. The van der Waals surface area contributed by atoms with Gasteiger partial charge in [0, 0.05) is 23.6 Å². The van der Waals surface area contributed by atoms with Crippen LogP contribution < -0.4 is 10.6 Å². The van der Waals surface area contributed by atoms with Crippen molar-refractivity contribution in [3.8, 4) is 0 Å². The molecule has 0 atom stereocenters. The topological polar surface area (TPSA) is 84.5 Å². The molecule has 0 spiro atoms. The molecular weight excluding hydrogens is 328 g/mol. The Bertz CT molecular complexity index is 488. The highest BCUT2D eigenvalue weighted by molar-refractivity contribution is 9.10. The van der Waals surface area contributed by atoms with Crippen LogP contribution in [0.5, 0.6) is 0 Å². The molecule has 0 aliphatic heterocycles. The fraction of sp³-hybridized carbons (Fsp3) is 0.308. The molecule has 0 radical (unpaired) electrons. The number of hydrogen-bond donors (Lipinski definition) is 2. The monoisotopic (exact) mass is 342 g/mol. The summed E-state index contributed by atoms with van der Waals surface area (Å²) >= 11 is 3.28. The molecule has 0 saturated carbocycles. The summed E-state index contributed by atoms with van der Waals surface area (Å²) in [5, 5.41) is 4.93. The summed E-state index contributed by atoms with van der Waals surface area (Å²) in [6.45, 7) is -0.155. The molecule has 0 aliphatic rings. The molecule has 0 bridgehead atoms. The van der Waals surface area contributed by atoms with Gasteiger partial charge in [0.2, 0.25) is 0 Å².